The van der Waals surface area contributed by atoms with Gasteiger partial charge < -0.3 is 14.6 Å². The summed E-state index contributed by atoms with van der Waals surface area (Å²) in [6, 6.07) is 7.93. The van der Waals surface area contributed by atoms with Crippen molar-refractivity contribution in [2.75, 3.05) is 6.61 Å². The Labute approximate surface area is 148 Å². The third kappa shape index (κ3) is 3.61. The van der Waals surface area contributed by atoms with Gasteiger partial charge in [0.05, 0.1) is 17.7 Å². The first-order valence-corrected chi connectivity index (χ1v) is 8.86. The molecule has 1 aliphatic rings. The van der Waals surface area contributed by atoms with E-state index in [1.54, 1.807) is 12.1 Å². The summed E-state index contributed by atoms with van der Waals surface area (Å²) in [6.45, 7) is 7.56. The summed E-state index contributed by atoms with van der Waals surface area (Å²) in [5.41, 5.74) is 3.58. The van der Waals surface area contributed by atoms with Crippen LogP contribution in [-0.4, -0.2) is 23.2 Å². The van der Waals surface area contributed by atoms with Gasteiger partial charge in [-0.2, -0.15) is 0 Å². The number of rotatable bonds is 5. The van der Waals surface area contributed by atoms with Crippen LogP contribution >= 0.6 is 0 Å². The number of amides is 1. The predicted octanol–water partition coefficient (Wildman–Crippen LogP) is 3.91. The number of nitrogens with one attached hydrogen (secondary N) is 1. The van der Waals surface area contributed by atoms with Gasteiger partial charge in [0.1, 0.15) is 5.82 Å². The summed E-state index contributed by atoms with van der Waals surface area (Å²) in [7, 11) is 0. The number of aromatic nitrogens is 1. The van der Waals surface area contributed by atoms with Crippen molar-refractivity contribution in [1.29, 1.82) is 0 Å². The number of carbonyl (C=O) groups is 1. The molecule has 1 amide bonds. The quantitative estimate of drug-likeness (QED) is 0.893. The van der Waals surface area contributed by atoms with Crippen LogP contribution in [0.1, 0.15) is 53.1 Å². The van der Waals surface area contributed by atoms with Crippen molar-refractivity contribution in [3.05, 3.63) is 58.7 Å². The van der Waals surface area contributed by atoms with Crippen LogP contribution in [-0.2, 0) is 11.3 Å². The molecule has 0 aliphatic carbocycles. The Balaban J connectivity index is 1.87. The Bertz CT molecular complexity index is 746. The standard InChI is InChI=1S/C20H25FN2O2/c1-4-23-13(2)12-17(14(23)3)20(24)22-19(18-6-5-11-25-18)15-7-9-16(21)10-8-15/h7-10,12,18-19H,4-6,11H2,1-3H3,(H,22,24)/t18-,19-/m1/s1. The smallest absolute Gasteiger partial charge is 0.253 e. The number of hydrogen-bond acceptors (Lipinski definition) is 2. The molecule has 4 nitrogen and oxygen atoms in total. The Hall–Kier alpha value is -2.14. The number of hydrogen-bond donors (Lipinski definition) is 1. The van der Waals surface area contributed by atoms with Crippen molar-refractivity contribution >= 4 is 5.91 Å². The summed E-state index contributed by atoms with van der Waals surface area (Å²) >= 11 is 0. The average molecular weight is 344 g/mol. The van der Waals surface area contributed by atoms with E-state index in [4.69, 9.17) is 4.74 Å². The normalized spacial score (nSPS) is 18.3. The van der Waals surface area contributed by atoms with Crippen LogP contribution in [0.15, 0.2) is 30.3 Å². The van der Waals surface area contributed by atoms with Gasteiger partial charge in [-0.3, -0.25) is 4.79 Å². The number of aryl methyl sites for hydroxylation is 1. The largest absolute Gasteiger partial charge is 0.376 e. The average Bonchev–Trinajstić information content (AvgIpc) is 3.21. The first-order valence-electron chi connectivity index (χ1n) is 8.86. The molecule has 2 heterocycles. The second-order valence-electron chi connectivity index (χ2n) is 6.58. The van der Waals surface area contributed by atoms with Gasteiger partial charge in [0.15, 0.2) is 0 Å². The van der Waals surface area contributed by atoms with Crippen molar-refractivity contribution in [1.82, 2.24) is 9.88 Å². The molecule has 1 aliphatic heterocycles. The molecule has 0 saturated carbocycles. The van der Waals surface area contributed by atoms with E-state index in [0.717, 1.165) is 36.3 Å². The maximum absolute atomic E-state index is 13.3. The van der Waals surface area contributed by atoms with E-state index in [-0.39, 0.29) is 23.9 Å². The van der Waals surface area contributed by atoms with Gasteiger partial charge in [-0.1, -0.05) is 12.1 Å². The molecule has 134 valence electrons. The minimum absolute atomic E-state index is 0.0796. The van der Waals surface area contributed by atoms with E-state index < -0.39 is 0 Å². The van der Waals surface area contributed by atoms with Gasteiger partial charge in [-0.05, 0) is 57.4 Å². The molecule has 0 spiro atoms. The lowest BCUT2D eigenvalue weighted by Crippen LogP contribution is -2.36. The van der Waals surface area contributed by atoms with E-state index in [1.807, 2.05) is 19.9 Å². The predicted molar refractivity (Wildman–Crippen MR) is 95.2 cm³/mol. The van der Waals surface area contributed by atoms with Gasteiger partial charge in [0.2, 0.25) is 0 Å². The van der Waals surface area contributed by atoms with Crippen LogP contribution < -0.4 is 5.32 Å². The summed E-state index contributed by atoms with van der Waals surface area (Å²) < 4.78 is 21.2. The number of carbonyl (C=O) groups excluding carboxylic acids is 1. The van der Waals surface area contributed by atoms with Crippen LogP contribution in [0.5, 0.6) is 0 Å². The zero-order valence-corrected chi connectivity index (χ0v) is 15.0. The lowest BCUT2D eigenvalue weighted by atomic mass is 9.98. The van der Waals surface area contributed by atoms with E-state index >= 15 is 0 Å². The Morgan fingerprint density at radius 1 is 1.36 bits per heavy atom. The molecule has 2 atom stereocenters. The minimum Gasteiger partial charge on any atom is -0.376 e. The Morgan fingerprint density at radius 3 is 2.64 bits per heavy atom. The van der Waals surface area contributed by atoms with Crippen molar-refractivity contribution in [2.45, 2.75) is 52.3 Å². The second kappa shape index (κ2) is 7.40. The lowest BCUT2D eigenvalue weighted by Gasteiger charge is -2.25. The lowest BCUT2D eigenvalue weighted by molar-refractivity contribution is 0.0672. The summed E-state index contributed by atoms with van der Waals surface area (Å²) in [6.07, 6.45) is 1.78. The summed E-state index contributed by atoms with van der Waals surface area (Å²) in [5, 5.41) is 3.12. The minimum atomic E-state index is -0.285. The van der Waals surface area contributed by atoms with Crippen LogP contribution in [0, 0.1) is 19.7 Å². The van der Waals surface area contributed by atoms with E-state index in [2.05, 4.69) is 16.8 Å². The zero-order chi connectivity index (χ0) is 18.0. The highest BCUT2D eigenvalue weighted by Gasteiger charge is 2.30. The molecule has 0 radical (unpaired) electrons. The molecule has 1 saturated heterocycles. The monoisotopic (exact) mass is 344 g/mol. The number of ether oxygens (including phenoxy) is 1. The fraction of sp³-hybridized carbons (Fsp3) is 0.450. The van der Waals surface area contributed by atoms with E-state index in [0.29, 0.717) is 12.2 Å². The molecule has 1 fully saturated rings. The van der Waals surface area contributed by atoms with Crippen molar-refractivity contribution < 1.29 is 13.9 Å². The molecule has 1 N–H and O–H groups in total. The van der Waals surface area contributed by atoms with Gasteiger partial charge in [-0.25, -0.2) is 4.39 Å². The maximum atomic E-state index is 13.3. The third-order valence-electron chi connectivity index (χ3n) is 4.99. The van der Waals surface area contributed by atoms with E-state index in [1.165, 1.54) is 12.1 Å². The topological polar surface area (TPSA) is 43.3 Å². The molecule has 3 rings (SSSR count). The molecule has 5 heteroatoms. The Kier molecular flexibility index (Phi) is 5.23. The van der Waals surface area contributed by atoms with E-state index in [9.17, 15) is 9.18 Å². The molecule has 0 unspecified atom stereocenters. The zero-order valence-electron chi connectivity index (χ0n) is 15.0. The van der Waals surface area contributed by atoms with Crippen molar-refractivity contribution in [3.63, 3.8) is 0 Å². The summed E-state index contributed by atoms with van der Waals surface area (Å²) in [5.74, 6) is -0.398. The molecular formula is C20H25FN2O2. The second-order valence-corrected chi connectivity index (χ2v) is 6.58. The number of benzene rings is 1. The molecule has 1 aromatic carbocycles. The highest BCUT2D eigenvalue weighted by Crippen LogP contribution is 2.28. The van der Waals surface area contributed by atoms with Crippen LogP contribution in [0.2, 0.25) is 0 Å². The van der Waals surface area contributed by atoms with Crippen molar-refractivity contribution in [2.24, 2.45) is 0 Å². The molecular weight excluding hydrogens is 319 g/mol. The molecule has 1 aromatic heterocycles. The molecule has 25 heavy (non-hydrogen) atoms. The Morgan fingerprint density at radius 2 is 2.08 bits per heavy atom. The van der Waals surface area contributed by atoms with Crippen LogP contribution in [0.4, 0.5) is 4.39 Å². The highest BCUT2D eigenvalue weighted by molar-refractivity contribution is 5.96. The first kappa shape index (κ1) is 17.7. The fourth-order valence-electron chi connectivity index (χ4n) is 3.66. The number of nitrogens with zero attached hydrogens (tertiary/aromatic N) is 1. The van der Waals surface area contributed by atoms with Gasteiger partial charge >= 0.3 is 0 Å². The van der Waals surface area contributed by atoms with Gasteiger partial charge in [-0.15, -0.1) is 0 Å². The van der Waals surface area contributed by atoms with Crippen LogP contribution in [0.25, 0.3) is 0 Å². The van der Waals surface area contributed by atoms with Crippen molar-refractivity contribution in [3.8, 4) is 0 Å². The fourth-order valence-corrected chi connectivity index (χ4v) is 3.66. The molecule has 0 bridgehead atoms. The third-order valence-corrected chi connectivity index (χ3v) is 4.99. The van der Waals surface area contributed by atoms with Gasteiger partial charge in [0, 0.05) is 24.5 Å². The molecule has 2 aromatic rings. The highest BCUT2D eigenvalue weighted by atomic mass is 19.1. The number of halogens is 1. The van der Waals surface area contributed by atoms with Gasteiger partial charge in [0.25, 0.3) is 5.91 Å². The SMILES string of the molecule is CCn1c(C)cc(C(=O)N[C@H](c2ccc(F)cc2)[C@H]2CCCO2)c1C. The van der Waals surface area contributed by atoms with Crippen LogP contribution in [0.3, 0.4) is 0 Å². The maximum Gasteiger partial charge on any atom is 0.253 e. The first-order chi connectivity index (χ1) is 12.0. The summed E-state index contributed by atoms with van der Waals surface area (Å²) in [4.78, 5) is 12.9.